The topological polar surface area (TPSA) is 83.7 Å². The molecule has 1 aromatic heterocycles. The van der Waals surface area contributed by atoms with Gasteiger partial charge < -0.3 is 4.98 Å². The standard InChI is InChI=1S/C16H12N4O2/c21-20(22)14-7-5-12(6-8-14)9-18-19-11-13-10-17-16-4-2-1-3-15(13)16/h1-11,17H/b18-9+,19-11+. The van der Waals surface area contributed by atoms with Crippen molar-refractivity contribution in [2.75, 3.05) is 0 Å². The lowest BCUT2D eigenvalue weighted by Gasteiger charge is -1.92. The van der Waals surface area contributed by atoms with Gasteiger partial charge in [-0.05, 0) is 23.8 Å². The maximum Gasteiger partial charge on any atom is 0.269 e. The quantitative estimate of drug-likeness (QED) is 0.453. The molecule has 0 saturated carbocycles. The first kappa shape index (κ1) is 13.7. The predicted octanol–water partition coefficient (Wildman–Crippen LogP) is 3.53. The van der Waals surface area contributed by atoms with Gasteiger partial charge in [0.15, 0.2) is 0 Å². The fourth-order valence-electron chi connectivity index (χ4n) is 2.08. The van der Waals surface area contributed by atoms with E-state index in [9.17, 15) is 10.1 Å². The number of nitrogens with zero attached hydrogens (tertiary/aromatic N) is 3. The van der Waals surface area contributed by atoms with Crippen LogP contribution in [0.5, 0.6) is 0 Å². The Bertz CT molecular complexity index is 863. The summed E-state index contributed by atoms with van der Waals surface area (Å²) in [5.41, 5.74) is 2.81. The number of nitrogens with one attached hydrogen (secondary N) is 1. The lowest BCUT2D eigenvalue weighted by molar-refractivity contribution is -0.384. The molecule has 0 aliphatic heterocycles. The SMILES string of the molecule is O=[N+]([O-])c1ccc(/C=N/N=C/c2c[nH]c3ccccc23)cc1. The van der Waals surface area contributed by atoms with Gasteiger partial charge in [-0.2, -0.15) is 10.2 Å². The number of benzene rings is 2. The van der Waals surface area contributed by atoms with E-state index in [1.54, 1.807) is 24.6 Å². The van der Waals surface area contributed by atoms with Crippen molar-refractivity contribution >= 4 is 29.0 Å². The lowest BCUT2D eigenvalue weighted by Crippen LogP contribution is -1.88. The molecule has 1 N–H and O–H groups in total. The zero-order chi connectivity index (χ0) is 15.4. The predicted molar refractivity (Wildman–Crippen MR) is 86.6 cm³/mol. The summed E-state index contributed by atoms with van der Waals surface area (Å²) in [7, 11) is 0. The Morgan fingerprint density at radius 3 is 2.50 bits per heavy atom. The van der Waals surface area contributed by atoms with Crippen molar-refractivity contribution in [1.82, 2.24) is 4.98 Å². The van der Waals surface area contributed by atoms with Gasteiger partial charge in [0, 0.05) is 34.8 Å². The monoisotopic (exact) mass is 292 g/mol. The number of nitro groups is 1. The summed E-state index contributed by atoms with van der Waals surface area (Å²) in [6.07, 6.45) is 5.09. The number of fused-ring (bicyclic) bond motifs is 1. The third kappa shape index (κ3) is 2.90. The number of H-pyrrole nitrogens is 1. The van der Waals surface area contributed by atoms with Gasteiger partial charge in [-0.15, -0.1) is 0 Å². The highest BCUT2D eigenvalue weighted by atomic mass is 16.6. The molecule has 6 nitrogen and oxygen atoms in total. The lowest BCUT2D eigenvalue weighted by atomic mass is 10.2. The molecule has 0 bridgehead atoms. The highest BCUT2D eigenvalue weighted by Gasteiger charge is 2.02. The second kappa shape index (κ2) is 6.01. The van der Waals surface area contributed by atoms with Crippen LogP contribution in [0.4, 0.5) is 5.69 Å². The van der Waals surface area contributed by atoms with Crippen LogP contribution in [-0.4, -0.2) is 22.3 Å². The largest absolute Gasteiger partial charge is 0.361 e. The molecule has 22 heavy (non-hydrogen) atoms. The molecule has 3 rings (SSSR count). The van der Waals surface area contributed by atoms with E-state index in [-0.39, 0.29) is 5.69 Å². The average Bonchev–Trinajstić information content (AvgIpc) is 2.95. The van der Waals surface area contributed by atoms with Gasteiger partial charge in [0.05, 0.1) is 17.4 Å². The molecule has 0 aliphatic carbocycles. The molecule has 108 valence electrons. The van der Waals surface area contributed by atoms with E-state index in [1.807, 2.05) is 30.5 Å². The molecule has 0 spiro atoms. The zero-order valence-corrected chi connectivity index (χ0v) is 11.5. The summed E-state index contributed by atoms with van der Waals surface area (Å²) in [6, 6.07) is 14.1. The second-order valence-corrected chi connectivity index (χ2v) is 4.63. The van der Waals surface area contributed by atoms with Crippen LogP contribution >= 0.6 is 0 Å². The van der Waals surface area contributed by atoms with Crippen molar-refractivity contribution in [3.63, 3.8) is 0 Å². The molecule has 1 heterocycles. The Morgan fingerprint density at radius 2 is 1.73 bits per heavy atom. The average molecular weight is 292 g/mol. The fraction of sp³-hybridized carbons (Fsp3) is 0. The Hall–Kier alpha value is -3.28. The van der Waals surface area contributed by atoms with Crippen LogP contribution in [0.25, 0.3) is 10.9 Å². The maximum absolute atomic E-state index is 10.6. The molecule has 0 unspecified atom stereocenters. The molecule has 0 fully saturated rings. The molecule has 0 aliphatic rings. The van der Waals surface area contributed by atoms with E-state index in [2.05, 4.69) is 15.2 Å². The number of rotatable bonds is 4. The minimum absolute atomic E-state index is 0.0550. The van der Waals surface area contributed by atoms with Gasteiger partial charge in [0.25, 0.3) is 5.69 Å². The Labute approximate surface area is 126 Å². The van der Waals surface area contributed by atoms with Crippen LogP contribution in [0.2, 0.25) is 0 Å². The molecule has 0 amide bonds. The van der Waals surface area contributed by atoms with Crippen LogP contribution in [0, 0.1) is 10.1 Å². The van der Waals surface area contributed by atoms with Gasteiger partial charge in [0.1, 0.15) is 0 Å². The van der Waals surface area contributed by atoms with Crippen LogP contribution < -0.4 is 0 Å². The molecule has 6 heteroatoms. The van der Waals surface area contributed by atoms with Crippen molar-refractivity contribution in [2.24, 2.45) is 10.2 Å². The Balaban J connectivity index is 1.72. The van der Waals surface area contributed by atoms with E-state index in [1.165, 1.54) is 12.1 Å². The van der Waals surface area contributed by atoms with Gasteiger partial charge in [-0.1, -0.05) is 18.2 Å². The Morgan fingerprint density at radius 1 is 1.00 bits per heavy atom. The Kier molecular flexibility index (Phi) is 3.74. The van der Waals surface area contributed by atoms with Crippen molar-refractivity contribution < 1.29 is 4.92 Å². The molecular formula is C16H12N4O2. The first-order valence-corrected chi connectivity index (χ1v) is 6.61. The number of para-hydroxylation sites is 1. The number of hydrogen-bond acceptors (Lipinski definition) is 4. The third-order valence-corrected chi connectivity index (χ3v) is 3.20. The molecule has 0 atom stereocenters. The summed E-state index contributed by atoms with van der Waals surface area (Å²) < 4.78 is 0. The third-order valence-electron chi connectivity index (χ3n) is 3.20. The van der Waals surface area contributed by atoms with Gasteiger partial charge in [-0.25, -0.2) is 0 Å². The summed E-state index contributed by atoms with van der Waals surface area (Å²) >= 11 is 0. The summed E-state index contributed by atoms with van der Waals surface area (Å²) in [4.78, 5) is 13.3. The highest BCUT2D eigenvalue weighted by molar-refractivity contribution is 5.99. The van der Waals surface area contributed by atoms with Gasteiger partial charge in [-0.3, -0.25) is 10.1 Å². The van der Waals surface area contributed by atoms with Crippen molar-refractivity contribution in [3.8, 4) is 0 Å². The first-order valence-electron chi connectivity index (χ1n) is 6.61. The minimum Gasteiger partial charge on any atom is -0.361 e. The van der Waals surface area contributed by atoms with Crippen molar-refractivity contribution in [3.05, 3.63) is 76.0 Å². The van der Waals surface area contributed by atoms with E-state index in [0.717, 1.165) is 22.0 Å². The van der Waals surface area contributed by atoms with E-state index >= 15 is 0 Å². The van der Waals surface area contributed by atoms with Crippen LogP contribution in [0.15, 0.2) is 64.9 Å². The molecular weight excluding hydrogens is 280 g/mol. The smallest absolute Gasteiger partial charge is 0.269 e. The summed E-state index contributed by atoms with van der Waals surface area (Å²) in [5, 5.41) is 19.6. The number of nitro benzene ring substituents is 1. The van der Waals surface area contributed by atoms with Gasteiger partial charge in [0.2, 0.25) is 0 Å². The van der Waals surface area contributed by atoms with Gasteiger partial charge >= 0.3 is 0 Å². The van der Waals surface area contributed by atoms with E-state index in [4.69, 9.17) is 0 Å². The minimum atomic E-state index is -0.434. The highest BCUT2D eigenvalue weighted by Crippen LogP contribution is 2.15. The number of aromatic nitrogens is 1. The van der Waals surface area contributed by atoms with E-state index < -0.39 is 4.92 Å². The zero-order valence-electron chi connectivity index (χ0n) is 11.5. The second-order valence-electron chi connectivity index (χ2n) is 4.63. The fourth-order valence-corrected chi connectivity index (χ4v) is 2.08. The number of non-ortho nitro benzene ring substituents is 1. The van der Waals surface area contributed by atoms with E-state index in [0.29, 0.717) is 0 Å². The number of hydrogen-bond donors (Lipinski definition) is 1. The van der Waals surface area contributed by atoms with Crippen molar-refractivity contribution in [1.29, 1.82) is 0 Å². The van der Waals surface area contributed by atoms with Crippen LogP contribution in [-0.2, 0) is 0 Å². The normalized spacial score (nSPS) is 11.6. The van der Waals surface area contributed by atoms with Crippen molar-refractivity contribution in [2.45, 2.75) is 0 Å². The number of aromatic amines is 1. The summed E-state index contributed by atoms with van der Waals surface area (Å²) in [6.45, 7) is 0. The molecule has 0 radical (unpaired) electrons. The molecule has 0 saturated heterocycles. The molecule has 3 aromatic rings. The van der Waals surface area contributed by atoms with Crippen LogP contribution in [0.3, 0.4) is 0 Å². The summed E-state index contributed by atoms with van der Waals surface area (Å²) in [5.74, 6) is 0. The maximum atomic E-state index is 10.6. The first-order chi connectivity index (χ1) is 10.7. The molecule has 2 aromatic carbocycles. The van der Waals surface area contributed by atoms with Crippen LogP contribution in [0.1, 0.15) is 11.1 Å².